The first-order valence-electron chi connectivity index (χ1n) is 5.22. The molecule has 70 valence electrons. The van der Waals surface area contributed by atoms with E-state index in [1.54, 1.807) is 0 Å². The fourth-order valence-corrected chi connectivity index (χ4v) is 3.51. The molecular weight excluding hydrogens is 214 g/mol. The molecule has 2 saturated heterocycles. The van der Waals surface area contributed by atoms with Crippen molar-refractivity contribution in [3.8, 4) is 0 Å². The minimum Gasteiger partial charge on any atom is -0.300 e. The molecule has 0 saturated carbocycles. The van der Waals surface area contributed by atoms with Gasteiger partial charge in [-0.2, -0.15) is 0 Å². The minimum atomic E-state index is 0.923. The Hall–Kier alpha value is 0.440. The predicted octanol–water partition coefficient (Wildman–Crippen LogP) is 2.65. The molecular formula is C10H18BrN. The van der Waals surface area contributed by atoms with Crippen LogP contribution in [0.2, 0.25) is 0 Å². The van der Waals surface area contributed by atoms with Gasteiger partial charge in [-0.05, 0) is 44.7 Å². The number of halogens is 1. The van der Waals surface area contributed by atoms with Crippen LogP contribution in [0.5, 0.6) is 0 Å². The van der Waals surface area contributed by atoms with Gasteiger partial charge in [-0.15, -0.1) is 0 Å². The molecule has 0 spiro atoms. The second-order valence-electron chi connectivity index (χ2n) is 4.16. The number of rotatable bonds is 1. The summed E-state index contributed by atoms with van der Waals surface area (Å²) in [7, 11) is 0. The Morgan fingerprint density at radius 2 is 1.92 bits per heavy atom. The maximum absolute atomic E-state index is 3.65. The highest BCUT2D eigenvalue weighted by molar-refractivity contribution is 9.09. The summed E-state index contributed by atoms with van der Waals surface area (Å²) in [5, 5.41) is 1.22. The van der Waals surface area contributed by atoms with E-state index in [-0.39, 0.29) is 0 Å². The fourth-order valence-electron chi connectivity index (χ4n) is 2.76. The molecule has 2 unspecified atom stereocenters. The zero-order valence-electron chi connectivity index (χ0n) is 7.64. The molecule has 2 heteroatoms. The Kier molecular flexibility index (Phi) is 3.08. The zero-order valence-corrected chi connectivity index (χ0v) is 9.22. The van der Waals surface area contributed by atoms with Crippen LogP contribution in [0.4, 0.5) is 0 Å². The molecule has 2 rings (SSSR count). The normalized spacial score (nSPS) is 37.8. The maximum Gasteiger partial charge on any atom is 0.0131 e. The van der Waals surface area contributed by atoms with Gasteiger partial charge in [-0.3, -0.25) is 0 Å². The summed E-state index contributed by atoms with van der Waals surface area (Å²) in [6.07, 6.45) is 7.23. The van der Waals surface area contributed by atoms with Gasteiger partial charge in [-0.25, -0.2) is 0 Å². The minimum absolute atomic E-state index is 0.923. The molecule has 0 N–H and O–H groups in total. The summed E-state index contributed by atoms with van der Waals surface area (Å²) < 4.78 is 0. The molecule has 2 fully saturated rings. The third-order valence-corrected chi connectivity index (χ3v) is 4.26. The highest BCUT2D eigenvalue weighted by Crippen LogP contribution is 2.31. The van der Waals surface area contributed by atoms with Crippen LogP contribution < -0.4 is 0 Å². The molecule has 2 aliphatic rings. The molecule has 0 aromatic rings. The van der Waals surface area contributed by atoms with Gasteiger partial charge in [0.05, 0.1) is 0 Å². The van der Waals surface area contributed by atoms with Gasteiger partial charge in [0.25, 0.3) is 0 Å². The Labute approximate surface area is 83.6 Å². The maximum atomic E-state index is 3.65. The lowest BCUT2D eigenvalue weighted by Crippen LogP contribution is -2.48. The van der Waals surface area contributed by atoms with E-state index in [9.17, 15) is 0 Å². The van der Waals surface area contributed by atoms with E-state index in [1.165, 1.54) is 50.5 Å². The van der Waals surface area contributed by atoms with E-state index >= 15 is 0 Å². The summed E-state index contributed by atoms with van der Waals surface area (Å²) in [6.45, 7) is 2.74. The molecule has 2 atom stereocenters. The van der Waals surface area contributed by atoms with Gasteiger partial charge in [0.1, 0.15) is 0 Å². The van der Waals surface area contributed by atoms with Gasteiger partial charge < -0.3 is 4.90 Å². The number of piperidine rings is 2. The van der Waals surface area contributed by atoms with Gasteiger partial charge in [0, 0.05) is 11.4 Å². The van der Waals surface area contributed by atoms with Crippen LogP contribution >= 0.6 is 15.9 Å². The molecule has 12 heavy (non-hydrogen) atoms. The molecule has 0 radical (unpaired) electrons. The first-order valence-corrected chi connectivity index (χ1v) is 6.34. The number of hydrogen-bond donors (Lipinski definition) is 0. The van der Waals surface area contributed by atoms with E-state index in [4.69, 9.17) is 0 Å². The van der Waals surface area contributed by atoms with Crippen LogP contribution in [-0.4, -0.2) is 29.4 Å². The predicted molar refractivity (Wildman–Crippen MR) is 55.7 cm³/mol. The van der Waals surface area contributed by atoms with Gasteiger partial charge >= 0.3 is 0 Å². The van der Waals surface area contributed by atoms with E-state index in [0.717, 1.165) is 12.0 Å². The lowest BCUT2D eigenvalue weighted by molar-refractivity contribution is 0.0698. The van der Waals surface area contributed by atoms with Crippen LogP contribution in [-0.2, 0) is 0 Å². The standard InChI is InChI=1S/C10H18BrN/c11-8-9-4-3-7-12-6-2-1-5-10(9)12/h9-10H,1-8H2. The third-order valence-electron chi connectivity index (χ3n) is 3.43. The van der Waals surface area contributed by atoms with Crippen molar-refractivity contribution >= 4 is 15.9 Å². The van der Waals surface area contributed by atoms with Crippen LogP contribution in [0, 0.1) is 5.92 Å². The number of hydrogen-bond acceptors (Lipinski definition) is 1. The monoisotopic (exact) mass is 231 g/mol. The van der Waals surface area contributed by atoms with E-state index in [1.807, 2.05) is 0 Å². The molecule has 2 aliphatic heterocycles. The highest BCUT2D eigenvalue weighted by atomic mass is 79.9. The van der Waals surface area contributed by atoms with Crippen LogP contribution in [0.3, 0.4) is 0 Å². The molecule has 0 aromatic heterocycles. The SMILES string of the molecule is BrCC1CCCN2CCCCC12. The average molecular weight is 232 g/mol. The lowest BCUT2D eigenvalue weighted by Gasteiger charge is -2.43. The molecule has 1 nitrogen and oxygen atoms in total. The molecule has 2 heterocycles. The fraction of sp³-hybridized carbons (Fsp3) is 1.00. The second kappa shape index (κ2) is 4.10. The molecule has 0 aromatic carbocycles. The van der Waals surface area contributed by atoms with Crippen molar-refractivity contribution in [1.82, 2.24) is 4.90 Å². The molecule has 0 aliphatic carbocycles. The smallest absolute Gasteiger partial charge is 0.0131 e. The van der Waals surface area contributed by atoms with Crippen LogP contribution in [0.15, 0.2) is 0 Å². The Morgan fingerprint density at radius 3 is 2.75 bits per heavy atom. The molecule has 0 bridgehead atoms. The summed E-state index contributed by atoms with van der Waals surface area (Å²) >= 11 is 3.65. The van der Waals surface area contributed by atoms with Crippen molar-refractivity contribution < 1.29 is 0 Å². The summed E-state index contributed by atoms with van der Waals surface area (Å²) in [5.74, 6) is 0.944. The number of fused-ring (bicyclic) bond motifs is 1. The largest absolute Gasteiger partial charge is 0.300 e. The average Bonchev–Trinajstić information content (AvgIpc) is 2.17. The quantitative estimate of drug-likeness (QED) is 0.628. The zero-order chi connectivity index (χ0) is 8.39. The molecule has 0 amide bonds. The second-order valence-corrected chi connectivity index (χ2v) is 4.80. The Morgan fingerprint density at radius 1 is 1.08 bits per heavy atom. The topological polar surface area (TPSA) is 3.24 Å². The number of nitrogens with zero attached hydrogens (tertiary/aromatic N) is 1. The number of alkyl halides is 1. The Balaban J connectivity index is 1.99. The van der Waals surface area contributed by atoms with Gasteiger partial charge in [0.15, 0.2) is 0 Å². The van der Waals surface area contributed by atoms with Crippen molar-refractivity contribution in [1.29, 1.82) is 0 Å². The third kappa shape index (κ3) is 1.69. The summed E-state index contributed by atoms with van der Waals surface area (Å²) in [6, 6.07) is 0.923. The van der Waals surface area contributed by atoms with Gasteiger partial charge in [-0.1, -0.05) is 22.4 Å². The van der Waals surface area contributed by atoms with Crippen molar-refractivity contribution in [3.63, 3.8) is 0 Å². The summed E-state index contributed by atoms with van der Waals surface area (Å²) in [4.78, 5) is 2.72. The van der Waals surface area contributed by atoms with Crippen molar-refractivity contribution in [2.45, 2.75) is 38.1 Å². The van der Waals surface area contributed by atoms with E-state index in [0.29, 0.717) is 0 Å². The Bertz CT molecular complexity index is 140. The van der Waals surface area contributed by atoms with Gasteiger partial charge in [0.2, 0.25) is 0 Å². The van der Waals surface area contributed by atoms with Crippen molar-refractivity contribution in [2.24, 2.45) is 5.92 Å². The van der Waals surface area contributed by atoms with Crippen LogP contribution in [0.1, 0.15) is 32.1 Å². The lowest BCUT2D eigenvalue weighted by atomic mass is 9.85. The van der Waals surface area contributed by atoms with E-state index < -0.39 is 0 Å². The first-order chi connectivity index (χ1) is 5.92. The van der Waals surface area contributed by atoms with Crippen LogP contribution in [0.25, 0.3) is 0 Å². The van der Waals surface area contributed by atoms with Crippen molar-refractivity contribution in [3.05, 3.63) is 0 Å². The first kappa shape index (κ1) is 9.01. The highest BCUT2D eigenvalue weighted by Gasteiger charge is 2.31. The summed E-state index contributed by atoms with van der Waals surface area (Å²) in [5.41, 5.74) is 0. The van der Waals surface area contributed by atoms with Crippen molar-refractivity contribution in [2.75, 3.05) is 18.4 Å². The van der Waals surface area contributed by atoms with E-state index in [2.05, 4.69) is 20.8 Å².